The highest BCUT2D eigenvalue weighted by Crippen LogP contribution is 2.31. The van der Waals surface area contributed by atoms with Gasteiger partial charge in [0.2, 0.25) is 0 Å². The third-order valence-corrected chi connectivity index (χ3v) is 3.05. The van der Waals surface area contributed by atoms with Gasteiger partial charge in [0.15, 0.2) is 4.47 Å². The number of hydrogen-bond donors (Lipinski definition) is 0. The average Bonchev–Trinajstić information content (AvgIpc) is 2.47. The fourth-order valence-corrected chi connectivity index (χ4v) is 2.52. The van der Waals surface area contributed by atoms with Crippen LogP contribution >= 0.6 is 22.9 Å². The Morgan fingerprint density at radius 1 is 1.50 bits per heavy atom. The molecule has 0 N–H and O–H groups in total. The van der Waals surface area contributed by atoms with E-state index in [1.807, 2.05) is 26.0 Å². The fraction of sp³-hybridized carbons (Fsp3) is 0.300. The van der Waals surface area contributed by atoms with Crippen LogP contribution in [0.1, 0.15) is 12.5 Å². The standard InChI is InChI=1S/C10H10ClNOS/c1-3-13-7-4-6(2)9-8(5-7)14-10(11)12-9/h4-5H,3H2,1-2H3. The third-order valence-electron chi connectivity index (χ3n) is 1.94. The maximum atomic E-state index is 5.85. The summed E-state index contributed by atoms with van der Waals surface area (Å²) in [5.41, 5.74) is 2.08. The molecule has 2 rings (SSSR count). The van der Waals surface area contributed by atoms with Gasteiger partial charge in [0, 0.05) is 0 Å². The summed E-state index contributed by atoms with van der Waals surface area (Å²) in [4.78, 5) is 4.24. The van der Waals surface area contributed by atoms with Crippen LogP contribution in [0.2, 0.25) is 4.47 Å². The number of nitrogens with zero attached hydrogens (tertiary/aromatic N) is 1. The highest BCUT2D eigenvalue weighted by Gasteiger charge is 2.06. The van der Waals surface area contributed by atoms with Crippen molar-refractivity contribution in [3.63, 3.8) is 0 Å². The highest BCUT2D eigenvalue weighted by molar-refractivity contribution is 7.22. The zero-order valence-electron chi connectivity index (χ0n) is 8.00. The second kappa shape index (κ2) is 3.75. The van der Waals surface area contributed by atoms with Crippen molar-refractivity contribution >= 4 is 33.2 Å². The molecule has 0 bridgehead atoms. The lowest BCUT2D eigenvalue weighted by atomic mass is 10.2. The van der Waals surface area contributed by atoms with Gasteiger partial charge in [-0.05, 0) is 31.5 Å². The van der Waals surface area contributed by atoms with Gasteiger partial charge >= 0.3 is 0 Å². The topological polar surface area (TPSA) is 22.1 Å². The predicted molar refractivity (Wildman–Crippen MR) is 60.5 cm³/mol. The summed E-state index contributed by atoms with van der Waals surface area (Å²) >= 11 is 7.33. The predicted octanol–water partition coefficient (Wildman–Crippen LogP) is 3.66. The second-order valence-electron chi connectivity index (χ2n) is 2.99. The summed E-state index contributed by atoms with van der Waals surface area (Å²) in [6.07, 6.45) is 0. The van der Waals surface area contributed by atoms with E-state index in [2.05, 4.69) is 4.98 Å². The average molecular weight is 228 g/mol. The Balaban J connectivity index is 2.59. The van der Waals surface area contributed by atoms with E-state index in [9.17, 15) is 0 Å². The van der Waals surface area contributed by atoms with Gasteiger partial charge in [-0.2, -0.15) is 0 Å². The molecule has 1 heterocycles. The lowest BCUT2D eigenvalue weighted by Gasteiger charge is -2.03. The van der Waals surface area contributed by atoms with Gasteiger partial charge in [0.05, 0.1) is 16.8 Å². The van der Waals surface area contributed by atoms with Crippen molar-refractivity contribution in [2.24, 2.45) is 0 Å². The normalized spacial score (nSPS) is 10.8. The van der Waals surface area contributed by atoms with Gasteiger partial charge in [-0.1, -0.05) is 11.6 Å². The van der Waals surface area contributed by atoms with E-state index in [-0.39, 0.29) is 0 Å². The quantitative estimate of drug-likeness (QED) is 0.781. The van der Waals surface area contributed by atoms with Gasteiger partial charge in [0.25, 0.3) is 0 Å². The largest absolute Gasteiger partial charge is 0.494 e. The van der Waals surface area contributed by atoms with E-state index >= 15 is 0 Å². The Morgan fingerprint density at radius 3 is 3.00 bits per heavy atom. The number of thiazole rings is 1. The van der Waals surface area contributed by atoms with Crippen LogP contribution in [0, 0.1) is 6.92 Å². The Labute approximate surface area is 91.5 Å². The number of halogens is 1. The first kappa shape index (κ1) is 9.74. The highest BCUT2D eigenvalue weighted by atomic mass is 35.5. The number of ether oxygens (including phenoxy) is 1. The van der Waals surface area contributed by atoms with Crippen molar-refractivity contribution in [1.82, 2.24) is 4.98 Å². The maximum absolute atomic E-state index is 5.85. The molecule has 2 nitrogen and oxygen atoms in total. The van der Waals surface area contributed by atoms with Crippen LogP contribution in [-0.4, -0.2) is 11.6 Å². The Hall–Kier alpha value is -0.800. The molecule has 14 heavy (non-hydrogen) atoms. The summed E-state index contributed by atoms with van der Waals surface area (Å²) < 4.78 is 7.10. The molecule has 4 heteroatoms. The van der Waals surface area contributed by atoms with E-state index in [1.165, 1.54) is 11.3 Å². The molecule has 0 fully saturated rings. The minimum atomic E-state index is 0.580. The van der Waals surface area contributed by atoms with Crippen molar-refractivity contribution in [2.75, 3.05) is 6.61 Å². The van der Waals surface area contributed by atoms with Gasteiger partial charge < -0.3 is 4.74 Å². The molecule has 74 valence electrons. The number of aryl methyl sites for hydroxylation is 1. The van der Waals surface area contributed by atoms with Crippen molar-refractivity contribution in [1.29, 1.82) is 0 Å². The van der Waals surface area contributed by atoms with E-state index in [1.54, 1.807) is 0 Å². The molecule has 0 radical (unpaired) electrons. The van der Waals surface area contributed by atoms with Crippen LogP contribution in [0.15, 0.2) is 12.1 Å². The monoisotopic (exact) mass is 227 g/mol. The lowest BCUT2D eigenvalue weighted by molar-refractivity contribution is 0.340. The Bertz CT molecular complexity index is 466. The molecular weight excluding hydrogens is 218 g/mol. The van der Waals surface area contributed by atoms with Crippen LogP contribution in [0.4, 0.5) is 0 Å². The van der Waals surface area contributed by atoms with Crippen LogP contribution in [-0.2, 0) is 0 Å². The Kier molecular flexibility index (Phi) is 2.61. The fourth-order valence-electron chi connectivity index (χ4n) is 1.39. The molecule has 0 aliphatic carbocycles. The molecule has 2 aromatic rings. The summed E-state index contributed by atoms with van der Waals surface area (Å²) in [6, 6.07) is 3.97. The summed E-state index contributed by atoms with van der Waals surface area (Å²) in [5.74, 6) is 0.887. The van der Waals surface area contributed by atoms with Crippen LogP contribution in [0.5, 0.6) is 5.75 Å². The summed E-state index contributed by atoms with van der Waals surface area (Å²) in [6.45, 7) is 4.66. The van der Waals surface area contributed by atoms with Crippen molar-refractivity contribution in [3.8, 4) is 5.75 Å². The van der Waals surface area contributed by atoms with Crippen molar-refractivity contribution in [3.05, 3.63) is 22.2 Å². The van der Waals surface area contributed by atoms with E-state index < -0.39 is 0 Å². The van der Waals surface area contributed by atoms with E-state index in [0.717, 1.165) is 21.5 Å². The zero-order chi connectivity index (χ0) is 10.1. The number of hydrogen-bond acceptors (Lipinski definition) is 3. The molecule has 0 saturated carbocycles. The molecule has 0 aliphatic heterocycles. The molecular formula is C10H10ClNOS. The molecule has 0 atom stereocenters. The molecule has 0 aliphatic rings. The number of fused-ring (bicyclic) bond motifs is 1. The minimum Gasteiger partial charge on any atom is -0.494 e. The van der Waals surface area contributed by atoms with Gasteiger partial charge in [-0.25, -0.2) is 4.98 Å². The van der Waals surface area contributed by atoms with Gasteiger partial charge in [-0.15, -0.1) is 11.3 Å². The smallest absolute Gasteiger partial charge is 0.184 e. The van der Waals surface area contributed by atoms with Gasteiger partial charge in [-0.3, -0.25) is 0 Å². The SMILES string of the molecule is CCOc1cc(C)c2nc(Cl)sc2c1. The molecule has 0 unspecified atom stereocenters. The van der Waals surface area contributed by atoms with Crippen LogP contribution in [0.3, 0.4) is 0 Å². The minimum absolute atomic E-state index is 0.580. The maximum Gasteiger partial charge on any atom is 0.184 e. The number of rotatable bonds is 2. The van der Waals surface area contributed by atoms with E-state index in [4.69, 9.17) is 16.3 Å². The molecule has 1 aromatic carbocycles. The molecule has 0 amide bonds. The number of aromatic nitrogens is 1. The first-order chi connectivity index (χ1) is 6.70. The third kappa shape index (κ3) is 1.70. The second-order valence-corrected chi connectivity index (χ2v) is 4.60. The molecule has 1 aromatic heterocycles. The van der Waals surface area contributed by atoms with E-state index in [0.29, 0.717) is 11.1 Å². The lowest BCUT2D eigenvalue weighted by Crippen LogP contribution is -1.91. The van der Waals surface area contributed by atoms with Crippen LogP contribution in [0.25, 0.3) is 10.2 Å². The van der Waals surface area contributed by atoms with Crippen molar-refractivity contribution < 1.29 is 4.74 Å². The first-order valence-electron chi connectivity index (χ1n) is 4.40. The van der Waals surface area contributed by atoms with Crippen molar-refractivity contribution in [2.45, 2.75) is 13.8 Å². The Morgan fingerprint density at radius 2 is 2.29 bits per heavy atom. The first-order valence-corrected chi connectivity index (χ1v) is 5.59. The molecule has 0 spiro atoms. The zero-order valence-corrected chi connectivity index (χ0v) is 9.58. The summed E-state index contributed by atoms with van der Waals surface area (Å²) in [7, 11) is 0. The van der Waals surface area contributed by atoms with Gasteiger partial charge in [0.1, 0.15) is 5.75 Å². The van der Waals surface area contributed by atoms with Crippen LogP contribution < -0.4 is 4.74 Å². The summed E-state index contributed by atoms with van der Waals surface area (Å²) in [5, 5.41) is 0. The number of benzene rings is 1. The molecule has 0 saturated heterocycles.